The van der Waals surface area contributed by atoms with Crippen molar-refractivity contribution in [3.63, 3.8) is 0 Å². The number of aromatic nitrogens is 1. The van der Waals surface area contributed by atoms with Gasteiger partial charge in [-0.05, 0) is 25.1 Å². The average molecular weight is 219 g/mol. The Morgan fingerprint density at radius 3 is 2.56 bits per heavy atom. The summed E-state index contributed by atoms with van der Waals surface area (Å²) in [4.78, 5) is 4.09. The number of methoxy groups -OCH3 is 1. The number of nitrogens with zero attached hydrogens (tertiary/aromatic N) is 1. The summed E-state index contributed by atoms with van der Waals surface area (Å²) in [5.74, 6) is 1.31. The highest BCUT2D eigenvalue weighted by molar-refractivity contribution is 5.69. The predicted octanol–water partition coefficient (Wildman–Crippen LogP) is 1.82. The molecule has 5 nitrogen and oxygen atoms in total. The number of benzene rings is 1. The molecular formula is C11H13N3O2. The fraction of sp³-hybridized carbons (Fsp3) is 0.182. The summed E-state index contributed by atoms with van der Waals surface area (Å²) in [6.07, 6.45) is 0. The molecule has 0 aliphatic heterocycles. The van der Waals surface area contributed by atoms with E-state index in [1.165, 1.54) is 0 Å². The molecule has 0 aliphatic carbocycles. The first-order valence-electron chi connectivity index (χ1n) is 4.78. The Morgan fingerprint density at radius 2 is 2.06 bits per heavy atom. The van der Waals surface area contributed by atoms with Crippen LogP contribution >= 0.6 is 0 Å². The number of nitrogen functional groups attached to an aromatic ring is 2. The number of rotatable bonds is 2. The fourth-order valence-electron chi connectivity index (χ4n) is 1.57. The van der Waals surface area contributed by atoms with Crippen molar-refractivity contribution in [2.75, 3.05) is 18.6 Å². The number of oxazole rings is 1. The lowest BCUT2D eigenvalue weighted by molar-refractivity contribution is 0.417. The Bertz CT molecular complexity index is 520. The lowest BCUT2D eigenvalue weighted by Gasteiger charge is -2.05. The lowest BCUT2D eigenvalue weighted by Crippen LogP contribution is -1.93. The van der Waals surface area contributed by atoms with Crippen molar-refractivity contribution in [3.05, 3.63) is 24.0 Å². The predicted molar refractivity (Wildman–Crippen MR) is 62.1 cm³/mol. The molecule has 2 rings (SSSR count). The van der Waals surface area contributed by atoms with Gasteiger partial charge in [-0.15, -0.1) is 0 Å². The number of hydrogen-bond acceptors (Lipinski definition) is 5. The Labute approximate surface area is 93.0 Å². The molecule has 0 atom stereocenters. The van der Waals surface area contributed by atoms with E-state index in [4.69, 9.17) is 20.6 Å². The fourth-order valence-corrected chi connectivity index (χ4v) is 1.57. The van der Waals surface area contributed by atoms with Crippen LogP contribution in [0.2, 0.25) is 0 Å². The van der Waals surface area contributed by atoms with Gasteiger partial charge in [0.25, 0.3) is 6.01 Å². The maximum atomic E-state index is 5.81. The van der Waals surface area contributed by atoms with Crippen LogP contribution in [0.3, 0.4) is 0 Å². The minimum Gasteiger partial charge on any atom is -0.495 e. The minimum atomic E-state index is 0.155. The zero-order valence-corrected chi connectivity index (χ0v) is 9.15. The summed E-state index contributed by atoms with van der Waals surface area (Å²) in [5.41, 5.74) is 13.4. The van der Waals surface area contributed by atoms with Gasteiger partial charge in [0.05, 0.1) is 12.8 Å². The molecule has 84 valence electrons. The van der Waals surface area contributed by atoms with Crippen molar-refractivity contribution in [3.8, 4) is 17.0 Å². The van der Waals surface area contributed by atoms with E-state index in [9.17, 15) is 0 Å². The molecule has 1 heterocycles. The van der Waals surface area contributed by atoms with E-state index in [-0.39, 0.29) is 6.01 Å². The maximum absolute atomic E-state index is 5.81. The summed E-state index contributed by atoms with van der Waals surface area (Å²) >= 11 is 0. The first-order chi connectivity index (χ1) is 7.61. The van der Waals surface area contributed by atoms with Crippen LogP contribution in [0.5, 0.6) is 5.75 Å². The van der Waals surface area contributed by atoms with Crippen molar-refractivity contribution in [2.24, 2.45) is 0 Å². The molecule has 0 radical (unpaired) electrons. The highest BCUT2D eigenvalue weighted by Crippen LogP contribution is 2.30. The van der Waals surface area contributed by atoms with Crippen LogP contribution < -0.4 is 16.2 Å². The lowest BCUT2D eigenvalue weighted by atomic mass is 10.1. The summed E-state index contributed by atoms with van der Waals surface area (Å²) in [6.45, 7) is 1.80. The summed E-state index contributed by atoms with van der Waals surface area (Å²) in [6, 6.07) is 5.58. The van der Waals surface area contributed by atoms with Crippen LogP contribution in [0.4, 0.5) is 11.7 Å². The Hall–Kier alpha value is -2.17. The van der Waals surface area contributed by atoms with E-state index in [1.807, 2.05) is 6.07 Å². The topological polar surface area (TPSA) is 87.3 Å². The van der Waals surface area contributed by atoms with Crippen LogP contribution in [0, 0.1) is 6.92 Å². The first-order valence-corrected chi connectivity index (χ1v) is 4.78. The molecule has 0 saturated carbocycles. The van der Waals surface area contributed by atoms with Crippen molar-refractivity contribution >= 4 is 11.7 Å². The van der Waals surface area contributed by atoms with E-state index in [2.05, 4.69) is 4.98 Å². The van der Waals surface area contributed by atoms with Crippen LogP contribution in [0.15, 0.2) is 22.6 Å². The Balaban J connectivity index is 2.49. The SMILES string of the molecule is COc1ccc(-c2nc(N)oc2C)cc1N. The van der Waals surface area contributed by atoms with Gasteiger partial charge in [-0.2, -0.15) is 4.98 Å². The van der Waals surface area contributed by atoms with Gasteiger partial charge in [-0.25, -0.2) is 0 Å². The molecule has 0 spiro atoms. The average Bonchev–Trinajstić information content (AvgIpc) is 2.58. The van der Waals surface area contributed by atoms with Crippen molar-refractivity contribution in [1.82, 2.24) is 4.98 Å². The number of aryl methyl sites for hydroxylation is 1. The van der Waals surface area contributed by atoms with E-state index in [0.29, 0.717) is 22.9 Å². The van der Waals surface area contributed by atoms with Gasteiger partial charge in [-0.3, -0.25) is 0 Å². The van der Waals surface area contributed by atoms with E-state index < -0.39 is 0 Å². The molecule has 0 saturated heterocycles. The molecular weight excluding hydrogens is 206 g/mol. The van der Waals surface area contributed by atoms with Gasteiger partial charge in [0, 0.05) is 5.56 Å². The number of ether oxygens (including phenoxy) is 1. The third-order valence-corrected chi connectivity index (χ3v) is 2.32. The second-order valence-electron chi connectivity index (χ2n) is 3.41. The van der Waals surface area contributed by atoms with Gasteiger partial charge in [0.1, 0.15) is 17.2 Å². The summed E-state index contributed by atoms with van der Waals surface area (Å²) in [5, 5.41) is 0. The van der Waals surface area contributed by atoms with Gasteiger partial charge in [0.15, 0.2) is 0 Å². The monoisotopic (exact) mass is 219 g/mol. The minimum absolute atomic E-state index is 0.155. The Morgan fingerprint density at radius 1 is 1.31 bits per heavy atom. The molecule has 0 unspecified atom stereocenters. The van der Waals surface area contributed by atoms with E-state index >= 15 is 0 Å². The normalized spacial score (nSPS) is 10.4. The second-order valence-corrected chi connectivity index (χ2v) is 3.41. The van der Waals surface area contributed by atoms with Crippen molar-refractivity contribution in [2.45, 2.75) is 6.92 Å². The molecule has 1 aromatic carbocycles. The molecule has 1 aromatic heterocycles. The van der Waals surface area contributed by atoms with Gasteiger partial charge >= 0.3 is 0 Å². The third-order valence-electron chi connectivity index (χ3n) is 2.32. The molecule has 2 aromatic rings. The molecule has 0 aliphatic rings. The molecule has 0 fully saturated rings. The molecule has 5 heteroatoms. The van der Waals surface area contributed by atoms with Gasteiger partial charge < -0.3 is 20.6 Å². The molecule has 4 N–H and O–H groups in total. The largest absolute Gasteiger partial charge is 0.495 e. The number of anilines is 2. The van der Waals surface area contributed by atoms with Crippen molar-refractivity contribution < 1.29 is 9.15 Å². The van der Waals surface area contributed by atoms with Crippen LogP contribution in [0.1, 0.15) is 5.76 Å². The number of hydrogen-bond donors (Lipinski definition) is 2. The third kappa shape index (κ3) is 1.67. The number of nitrogens with two attached hydrogens (primary N) is 2. The van der Waals surface area contributed by atoms with Gasteiger partial charge in [0.2, 0.25) is 0 Å². The zero-order valence-electron chi connectivity index (χ0n) is 9.15. The smallest absolute Gasteiger partial charge is 0.292 e. The van der Waals surface area contributed by atoms with E-state index in [1.54, 1.807) is 26.2 Å². The summed E-state index contributed by atoms with van der Waals surface area (Å²) in [7, 11) is 1.57. The quantitative estimate of drug-likeness (QED) is 0.752. The summed E-state index contributed by atoms with van der Waals surface area (Å²) < 4.78 is 10.2. The molecule has 16 heavy (non-hydrogen) atoms. The van der Waals surface area contributed by atoms with Crippen LogP contribution in [0.25, 0.3) is 11.3 Å². The van der Waals surface area contributed by atoms with Crippen LogP contribution in [-0.2, 0) is 0 Å². The van der Waals surface area contributed by atoms with E-state index in [0.717, 1.165) is 5.56 Å². The standard InChI is InChI=1S/C11H13N3O2/c1-6-10(14-11(13)16-6)7-3-4-9(15-2)8(12)5-7/h3-5H,12H2,1-2H3,(H2,13,14). The Kier molecular flexibility index (Phi) is 2.44. The molecule has 0 bridgehead atoms. The zero-order chi connectivity index (χ0) is 11.7. The van der Waals surface area contributed by atoms with Gasteiger partial charge in [-0.1, -0.05) is 0 Å². The molecule has 0 amide bonds. The van der Waals surface area contributed by atoms with Crippen LogP contribution in [-0.4, -0.2) is 12.1 Å². The highest BCUT2D eigenvalue weighted by Gasteiger charge is 2.11. The first kappa shape index (κ1) is 10.4. The van der Waals surface area contributed by atoms with Crippen molar-refractivity contribution in [1.29, 1.82) is 0 Å². The second kappa shape index (κ2) is 3.77. The maximum Gasteiger partial charge on any atom is 0.292 e. The highest BCUT2D eigenvalue weighted by atomic mass is 16.5.